The van der Waals surface area contributed by atoms with Crippen molar-refractivity contribution in [2.45, 2.75) is 0 Å². The Hall–Kier alpha value is -2.18. The molecule has 0 N–H and O–H groups in total. The second kappa shape index (κ2) is 5.67. The van der Waals surface area contributed by atoms with E-state index in [0.717, 1.165) is 9.69 Å². The van der Waals surface area contributed by atoms with E-state index in [0.29, 0.717) is 22.0 Å². The highest BCUT2D eigenvalue weighted by Gasteiger charge is 2.13. The maximum Gasteiger partial charge on any atom is 0.230 e. The molecule has 0 atom stereocenters. The van der Waals surface area contributed by atoms with Gasteiger partial charge in [-0.25, -0.2) is 17.7 Å². The molecule has 0 radical (unpaired) electrons. The summed E-state index contributed by atoms with van der Waals surface area (Å²) in [5, 5.41) is 1.39. The Morgan fingerprint density at radius 1 is 1.00 bits per heavy atom. The molecule has 0 aliphatic carbocycles. The van der Waals surface area contributed by atoms with Crippen molar-refractivity contribution >= 4 is 44.9 Å². The number of nitrogens with zero attached hydrogens (tertiary/aromatic N) is 3. The molecule has 2 aromatic heterocycles. The Morgan fingerprint density at radius 3 is 2.48 bits per heavy atom. The first kappa shape index (κ1) is 13.8. The molecule has 1 aromatic carbocycles. The average Bonchev–Trinajstić information content (AvgIpc) is 2.49. The van der Waals surface area contributed by atoms with Crippen LogP contribution in [0.3, 0.4) is 0 Å². The third kappa shape index (κ3) is 2.81. The van der Waals surface area contributed by atoms with Crippen LogP contribution in [0.25, 0.3) is 10.9 Å². The molecule has 0 amide bonds. The van der Waals surface area contributed by atoms with E-state index in [4.69, 9.17) is 11.6 Å². The van der Waals surface area contributed by atoms with Gasteiger partial charge in [0, 0.05) is 22.8 Å². The molecule has 21 heavy (non-hydrogen) atoms. The maximum atomic E-state index is 11.6. The van der Waals surface area contributed by atoms with Crippen molar-refractivity contribution in [3.05, 3.63) is 59.9 Å². The number of halogens is 1. The van der Waals surface area contributed by atoms with E-state index in [-0.39, 0.29) is 0 Å². The van der Waals surface area contributed by atoms with Crippen LogP contribution in [0.1, 0.15) is 0 Å². The summed E-state index contributed by atoms with van der Waals surface area (Å²) in [7, 11) is -2.87. The molecule has 0 saturated heterocycles. The molecule has 0 saturated carbocycles. The fourth-order valence-corrected chi connectivity index (χ4v) is 2.69. The predicted octanol–water partition coefficient (Wildman–Crippen LogP) is 2.95. The van der Waals surface area contributed by atoms with Crippen molar-refractivity contribution in [1.29, 1.82) is 0 Å². The number of anilines is 2. The van der Waals surface area contributed by atoms with Gasteiger partial charge in [0.2, 0.25) is 10.9 Å². The van der Waals surface area contributed by atoms with Gasteiger partial charge in [0.15, 0.2) is 0 Å². The molecule has 0 aliphatic rings. The number of thiol groups is 1. The van der Waals surface area contributed by atoms with Crippen LogP contribution in [0.4, 0.5) is 11.5 Å². The largest absolute Gasteiger partial charge is 0.264 e. The number of aromatic nitrogens is 2. The Labute approximate surface area is 127 Å². The number of fused-ring (bicyclic) bond motifs is 1. The Bertz CT molecular complexity index is 857. The van der Waals surface area contributed by atoms with Gasteiger partial charge >= 0.3 is 0 Å². The van der Waals surface area contributed by atoms with E-state index in [2.05, 4.69) is 9.97 Å². The van der Waals surface area contributed by atoms with Crippen LogP contribution in [0, 0.1) is 0 Å². The fourth-order valence-electron chi connectivity index (χ4n) is 1.97. The van der Waals surface area contributed by atoms with Crippen LogP contribution in [0.2, 0.25) is 5.02 Å². The molecular weight excluding hydrogens is 310 g/mol. The van der Waals surface area contributed by atoms with E-state index < -0.39 is 10.9 Å². The van der Waals surface area contributed by atoms with Crippen molar-refractivity contribution in [1.82, 2.24) is 9.97 Å². The summed E-state index contributed by atoms with van der Waals surface area (Å²) in [4.78, 5) is 8.37. The fraction of sp³-hybridized carbons (Fsp3) is 0. The van der Waals surface area contributed by atoms with Gasteiger partial charge in [0.05, 0.1) is 11.2 Å². The van der Waals surface area contributed by atoms with E-state index in [1.165, 1.54) is 0 Å². The lowest BCUT2D eigenvalue weighted by atomic mass is 10.2. The molecule has 5 nitrogen and oxygen atoms in total. The van der Waals surface area contributed by atoms with Gasteiger partial charge in [0.1, 0.15) is 5.82 Å². The SMILES string of the molecule is O=[SH](=O)N(c1ccc(Cl)cc1)c1ccc2cnccc2n1. The van der Waals surface area contributed by atoms with Crippen LogP contribution in [-0.4, -0.2) is 18.4 Å². The second-order valence-corrected chi connectivity index (χ2v) is 5.58. The molecule has 0 aliphatic heterocycles. The predicted molar refractivity (Wildman–Crippen MR) is 83.4 cm³/mol. The summed E-state index contributed by atoms with van der Waals surface area (Å²) in [6, 6.07) is 11.7. The highest BCUT2D eigenvalue weighted by atomic mass is 35.5. The monoisotopic (exact) mass is 319 g/mol. The highest BCUT2D eigenvalue weighted by Crippen LogP contribution is 2.26. The average molecular weight is 320 g/mol. The summed E-state index contributed by atoms with van der Waals surface area (Å²) in [6.07, 6.45) is 3.29. The van der Waals surface area contributed by atoms with Crippen LogP contribution >= 0.6 is 11.6 Å². The number of benzene rings is 1. The Balaban J connectivity index is 2.13. The van der Waals surface area contributed by atoms with Crippen molar-refractivity contribution in [3.8, 4) is 0 Å². The molecule has 0 fully saturated rings. The number of rotatable bonds is 3. The topological polar surface area (TPSA) is 63.2 Å². The van der Waals surface area contributed by atoms with E-state index in [1.54, 1.807) is 54.9 Å². The number of pyridine rings is 2. The van der Waals surface area contributed by atoms with Crippen molar-refractivity contribution in [3.63, 3.8) is 0 Å². The highest BCUT2D eigenvalue weighted by molar-refractivity contribution is 7.74. The minimum atomic E-state index is -2.87. The van der Waals surface area contributed by atoms with Crippen molar-refractivity contribution < 1.29 is 8.42 Å². The quantitative estimate of drug-likeness (QED) is 0.754. The Morgan fingerprint density at radius 2 is 1.76 bits per heavy atom. The van der Waals surface area contributed by atoms with Crippen molar-refractivity contribution in [2.24, 2.45) is 0 Å². The summed E-state index contributed by atoms with van der Waals surface area (Å²) in [5.74, 6) is 0.326. The smallest absolute Gasteiger partial charge is 0.230 e. The minimum absolute atomic E-state index is 0.326. The standard InChI is InChI=1S/C14H10ClN3O2S/c15-11-2-4-12(5-3-11)18(21(19)20)14-6-1-10-9-16-8-7-13(10)17-14/h1-9,21H. The van der Waals surface area contributed by atoms with Gasteiger partial charge in [-0.1, -0.05) is 11.6 Å². The van der Waals surface area contributed by atoms with Gasteiger partial charge in [-0.2, -0.15) is 0 Å². The lowest BCUT2D eigenvalue weighted by molar-refractivity contribution is 0.614. The van der Waals surface area contributed by atoms with E-state index >= 15 is 0 Å². The first-order valence-corrected chi connectivity index (χ1v) is 7.57. The maximum absolute atomic E-state index is 11.6. The molecule has 0 spiro atoms. The summed E-state index contributed by atoms with van der Waals surface area (Å²) >= 11 is 5.83. The summed E-state index contributed by atoms with van der Waals surface area (Å²) < 4.78 is 24.3. The van der Waals surface area contributed by atoms with E-state index in [9.17, 15) is 8.42 Å². The second-order valence-electron chi connectivity index (χ2n) is 4.26. The van der Waals surface area contributed by atoms with Crippen LogP contribution in [-0.2, 0) is 10.9 Å². The minimum Gasteiger partial charge on any atom is -0.264 e. The summed E-state index contributed by atoms with van der Waals surface area (Å²) in [6.45, 7) is 0. The van der Waals surface area contributed by atoms with Gasteiger partial charge in [0.25, 0.3) is 0 Å². The number of hydrogen-bond donors (Lipinski definition) is 1. The molecule has 3 aromatic rings. The van der Waals surface area contributed by atoms with Crippen LogP contribution < -0.4 is 4.31 Å². The van der Waals surface area contributed by atoms with E-state index in [1.807, 2.05) is 0 Å². The zero-order valence-corrected chi connectivity index (χ0v) is 12.3. The van der Waals surface area contributed by atoms with Crippen LogP contribution in [0.5, 0.6) is 0 Å². The molecule has 0 bridgehead atoms. The van der Waals surface area contributed by atoms with Gasteiger partial charge in [-0.3, -0.25) is 4.98 Å². The third-order valence-corrected chi connectivity index (χ3v) is 3.94. The third-order valence-electron chi connectivity index (χ3n) is 2.93. The summed E-state index contributed by atoms with van der Waals surface area (Å²) in [5.41, 5.74) is 1.16. The van der Waals surface area contributed by atoms with Gasteiger partial charge in [-0.15, -0.1) is 0 Å². The Kier molecular flexibility index (Phi) is 3.72. The molecule has 3 rings (SSSR count). The zero-order chi connectivity index (χ0) is 14.8. The zero-order valence-electron chi connectivity index (χ0n) is 10.7. The van der Waals surface area contributed by atoms with Gasteiger partial charge < -0.3 is 0 Å². The first-order valence-electron chi connectivity index (χ1n) is 6.06. The molecule has 0 unspecified atom stereocenters. The lowest BCUT2D eigenvalue weighted by Gasteiger charge is -2.17. The molecule has 2 heterocycles. The lowest BCUT2D eigenvalue weighted by Crippen LogP contribution is -2.15. The normalized spacial score (nSPS) is 11.0. The molecule has 106 valence electrons. The first-order chi connectivity index (χ1) is 10.1. The molecular formula is C14H10ClN3O2S. The molecule has 7 heteroatoms. The van der Waals surface area contributed by atoms with Crippen LogP contribution in [0.15, 0.2) is 54.9 Å². The van der Waals surface area contributed by atoms with Gasteiger partial charge in [-0.05, 0) is 42.5 Å². The van der Waals surface area contributed by atoms with Crippen molar-refractivity contribution in [2.75, 3.05) is 4.31 Å². The number of hydrogen-bond acceptors (Lipinski definition) is 4.